The highest BCUT2D eigenvalue weighted by Crippen LogP contribution is 2.33. The summed E-state index contributed by atoms with van der Waals surface area (Å²) in [5.41, 5.74) is 3.69. The van der Waals surface area contributed by atoms with E-state index >= 15 is 0 Å². The van der Waals surface area contributed by atoms with Gasteiger partial charge in [-0.05, 0) is 24.6 Å². The molecule has 2 heteroatoms. The van der Waals surface area contributed by atoms with Crippen LogP contribution in [0, 0.1) is 0 Å². The Labute approximate surface area is 84.8 Å². The van der Waals surface area contributed by atoms with E-state index in [0.717, 1.165) is 24.5 Å². The molecule has 1 aliphatic heterocycles. The summed E-state index contributed by atoms with van der Waals surface area (Å²) in [7, 11) is 1.69. The molecule has 0 saturated carbocycles. The van der Waals surface area contributed by atoms with Crippen LogP contribution < -0.4 is 4.74 Å². The molecule has 0 amide bonds. The Bertz CT molecular complexity index is 371. The minimum Gasteiger partial charge on any atom is -0.497 e. The van der Waals surface area contributed by atoms with Gasteiger partial charge in [0.1, 0.15) is 5.75 Å². The summed E-state index contributed by atoms with van der Waals surface area (Å²) in [6.45, 7) is 8.23. The average molecular weight is 189 g/mol. The largest absolute Gasteiger partial charge is 0.497 e. The summed E-state index contributed by atoms with van der Waals surface area (Å²) >= 11 is 0. The third kappa shape index (κ3) is 1.27. The number of nitrogens with zero attached hydrogens (tertiary/aromatic N) is 1. The fraction of sp³-hybridized carbons (Fsp3) is 0.333. The van der Waals surface area contributed by atoms with Gasteiger partial charge in [0.25, 0.3) is 0 Å². The van der Waals surface area contributed by atoms with Crippen molar-refractivity contribution in [3.05, 3.63) is 35.9 Å². The molecular weight excluding hydrogens is 174 g/mol. The van der Waals surface area contributed by atoms with E-state index in [1.54, 1.807) is 7.11 Å². The Balaban J connectivity index is 2.40. The van der Waals surface area contributed by atoms with Gasteiger partial charge in [-0.25, -0.2) is 0 Å². The average Bonchev–Trinajstić information content (AvgIpc) is 2.55. The standard InChI is InChI=1S/C12H15NO/c1-4-13-8-10-5-6-11(14-3)7-12(10)9(13)2/h5-7H,2,4,8H2,1,3H3. The molecule has 0 aromatic heterocycles. The van der Waals surface area contributed by atoms with Gasteiger partial charge in [0.05, 0.1) is 7.11 Å². The Morgan fingerprint density at radius 1 is 1.50 bits per heavy atom. The summed E-state index contributed by atoms with van der Waals surface area (Å²) in [5.74, 6) is 0.905. The predicted octanol–water partition coefficient (Wildman–Crippen LogP) is 2.50. The molecule has 1 aromatic rings. The maximum absolute atomic E-state index is 5.20. The monoisotopic (exact) mass is 189 g/mol. The van der Waals surface area contributed by atoms with E-state index in [9.17, 15) is 0 Å². The van der Waals surface area contributed by atoms with Gasteiger partial charge >= 0.3 is 0 Å². The van der Waals surface area contributed by atoms with E-state index in [4.69, 9.17) is 4.74 Å². The minimum atomic E-state index is 0.905. The maximum atomic E-state index is 5.20. The van der Waals surface area contributed by atoms with Crippen LogP contribution >= 0.6 is 0 Å². The molecule has 0 saturated heterocycles. The topological polar surface area (TPSA) is 12.5 Å². The van der Waals surface area contributed by atoms with Crippen LogP contribution in [0.5, 0.6) is 5.75 Å². The first-order chi connectivity index (χ1) is 6.76. The Morgan fingerprint density at radius 3 is 2.93 bits per heavy atom. The number of rotatable bonds is 2. The highest BCUT2D eigenvalue weighted by Gasteiger charge is 2.20. The molecule has 0 N–H and O–H groups in total. The van der Waals surface area contributed by atoms with Crippen LogP contribution in [0.2, 0.25) is 0 Å². The normalized spacial score (nSPS) is 14.4. The van der Waals surface area contributed by atoms with Gasteiger partial charge in [-0.3, -0.25) is 0 Å². The maximum Gasteiger partial charge on any atom is 0.119 e. The molecule has 0 fully saturated rings. The molecule has 2 nitrogen and oxygen atoms in total. The lowest BCUT2D eigenvalue weighted by atomic mass is 10.1. The van der Waals surface area contributed by atoms with E-state index in [1.807, 2.05) is 6.07 Å². The second-order valence-electron chi connectivity index (χ2n) is 3.48. The summed E-state index contributed by atoms with van der Waals surface area (Å²) < 4.78 is 5.20. The van der Waals surface area contributed by atoms with Gasteiger partial charge in [0, 0.05) is 24.4 Å². The lowest BCUT2D eigenvalue weighted by molar-refractivity contribution is 0.414. The molecule has 2 rings (SSSR count). The number of benzene rings is 1. The summed E-state index contributed by atoms with van der Waals surface area (Å²) in [5, 5.41) is 0. The van der Waals surface area contributed by atoms with Crippen molar-refractivity contribution in [2.24, 2.45) is 0 Å². The lowest BCUT2D eigenvalue weighted by Crippen LogP contribution is -2.13. The first-order valence-corrected chi connectivity index (χ1v) is 4.87. The zero-order valence-electron chi connectivity index (χ0n) is 8.71. The zero-order chi connectivity index (χ0) is 10.1. The van der Waals surface area contributed by atoms with E-state index in [-0.39, 0.29) is 0 Å². The van der Waals surface area contributed by atoms with E-state index in [1.165, 1.54) is 11.1 Å². The molecule has 14 heavy (non-hydrogen) atoms. The molecule has 0 radical (unpaired) electrons. The fourth-order valence-electron chi connectivity index (χ4n) is 1.86. The Hall–Kier alpha value is -1.44. The number of hydrogen-bond acceptors (Lipinski definition) is 2. The van der Waals surface area contributed by atoms with Crippen molar-refractivity contribution < 1.29 is 4.74 Å². The third-order valence-corrected chi connectivity index (χ3v) is 2.75. The molecule has 74 valence electrons. The van der Waals surface area contributed by atoms with Crippen LogP contribution in [0.4, 0.5) is 0 Å². The van der Waals surface area contributed by atoms with Crippen molar-refractivity contribution in [3.8, 4) is 5.75 Å². The first kappa shape index (κ1) is 9.13. The number of fused-ring (bicyclic) bond motifs is 1. The van der Waals surface area contributed by atoms with Gasteiger partial charge in [0.2, 0.25) is 0 Å². The van der Waals surface area contributed by atoms with E-state index in [2.05, 4.69) is 30.5 Å². The molecule has 1 aromatic carbocycles. The van der Waals surface area contributed by atoms with Crippen molar-refractivity contribution in [2.75, 3.05) is 13.7 Å². The molecule has 0 atom stereocenters. The van der Waals surface area contributed by atoms with E-state index < -0.39 is 0 Å². The number of methoxy groups -OCH3 is 1. The second kappa shape index (κ2) is 3.37. The van der Waals surface area contributed by atoms with Gasteiger partial charge < -0.3 is 9.64 Å². The van der Waals surface area contributed by atoms with Gasteiger partial charge in [-0.1, -0.05) is 12.6 Å². The van der Waals surface area contributed by atoms with Crippen molar-refractivity contribution >= 4 is 5.70 Å². The Kier molecular flexibility index (Phi) is 2.20. The highest BCUT2D eigenvalue weighted by molar-refractivity contribution is 5.70. The van der Waals surface area contributed by atoms with Crippen molar-refractivity contribution in [1.82, 2.24) is 4.90 Å². The van der Waals surface area contributed by atoms with Crippen molar-refractivity contribution in [3.63, 3.8) is 0 Å². The SMILES string of the molecule is C=C1c2cc(OC)ccc2CN1CC. The minimum absolute atomic E-state index is 0.905. The summed E-state index contributed by atoms with van der Waals surface area (Å²) in [4.78, 5) is 2.27. The first-order valence-electron chi connectivity index (χ1n) is 4.87. The van der Waals surface area contributed by atoms with Gasteiger partial charge in [-0.2, -0.15) is 0 Å². The summed E-state index contributed by atoms with van der Waals surface area (Å²) in [6.07, 6.45) is 0. The van der Waals surface area contributed by atoms with Crippen LogP contribution in [-0.2, 0) is 6.54 Å². The molecule has 0 bridgehead atoms. The van der Waals surface area contributed by atoms with Crippen molar-refractivity contribution in [1.29, 1.82) is 0 Å². The predicted molar refractivity (Wildman–Crippen MR) is 58.1 cm³/mol. The van der Waals surface area contributed by atoms with Crippen LogP contribution in [0.25, 0.3) is 5.70 Å². The summed E-state index contributed by atoms with van der Waals surface area (Å²) in [6, 6.07) is 6.19. The van der Waals surface area contributed by atoms with Gasteiger partial charge in [-0.15, -0.1) is 0 Å². The van der Waals surface area contributed by atoms with Crippen LogP contribution in [0.15, 0.2) is 24.8 Å². The lowest BCUT2D eigenvalue weighted by Gasteiger charge is -2.15. The smallest absolute Gasteiger partial charge is 0.119 e. The fourth-order valence-corrected chi connectivity index (χ4v) is 1.86. The number of hydrogen-bond donors (Lipinski definition) is 0. The second-order valence-corrected chi connectivity index (χ2v) is 3.48. The van der Waals surface area contributed by atoms with Crippen LogP contribution in [0.3, 0.4) is 0 Å². The van der Waals surface area contributed by atoms with Crippen LogP contribution in [-0.4, -0.2) is 18.6 Å². The van der Waals surface area contributed by atoms with E-state index in [0.29, 0.717) is 0 Å². The third-order valence-electron chi connectivity index (χ3n) is 2.75. The van der Waals surface area contributed by atoms with Crippen LogP contribution in [0.1, 0.15) is 18.1 Å². The molecule has 1 aliphatic rings. The Morgan fingerprint density at radius 2 is 2.29 bits per heavy atom. The zero-order valence-corrected chi connectivity index (χ0v) is 8.71. The molecule has 0 aliphatic carbocycles. The molecule has 0 spiro atoms. The van der Waals surface area contributed by atoms with Gasteiger partial charge in [0.15, 0.2) is 0 Å². The van der Waals surface area contributed by atoms with Crippen molar-refractivity contribution in [2.45, 2.75) is 13.5 Å². The number of ether oxygens (including phenoxy) is 1. The quantitative estimate of drug-likeness (QED) is 0.708. The highest BCUT2D eigenvalue weighted by atomic mass is 16.5. The molecule has 1 heterocycles. The molecular formula is C12H15NO. The molecule has 0 unspecified atom stereocenters.